The Hall–Kier alpha value is -2.95. The fourth-order valence-electron chi connectivity index (χ4n) is 3.75. The maximum absolute atomic E-state index is 12.3. The molecule has 11 nitrogen and oxygen atoms in total. The molecular weight excluding hydrogens is 684 g/mol. The first kappa shape index (κ1) is 45.0. The minimum absolute atomic E-state index is 0. The Morgan fingerprint density at radius 1 is 0.833 bits per heavy atom. The summed E-state index contributed by atoms with van der Waals surface area (Å²) in [7, 11) is -3.84. The van der Waals surface area contributed by atoms with E-state index >= 15 is 0 Å². The van der Waals surface area contributed by atoms with Gasteiger partial charge in [-0.25, -0.2) is 9.59 Å². The smallest absolute Gasteiger partial charge is 0.512 e. The molecule has 48 heavy (non-hydrogen) atoms. The predicted octanol–water partition coefficient (Wildman–Crippen LogP) is 5.14. The molecule has 0 aliphatic rings. The van der Waals surface area contributed by atoms with E-state index in [0.29, 0.717) is 19.3 Å². The number of thiophene rings is 2. The monoisotopic (exact) mass is 726 g/mol. The van der Waals surface area contributed by atoms with Gasteiger partial charge < -0.3 is 31.9 Å². The first-order chi connectivity index (χ1) is 22.0. The second kappa shape index (κ2) is 21.9. The number of hydrogen-bond donors (Lipinski definition) is 2. The van der Waals surface area contributed by atoms with E-state index in [1.807, 2.05) is 61.3 Å². The summed E-state index contributed by atoms with van der Waals surface area (Å²) < 4.78 is 40.2. The van der Waals surface area contributed by atoms with Crippen molar-refractivity contribution in [3.8, 4) is 6.07 Å². The Kier molecular flexibility index (Phi) is 20.6. The van der Waals surface area contributed by atoms with Crippen LogP contribution in [0, 0.1) is 30.1 Å². The van der Waals surface area contributed by atoms with Crippen LogP contribution in [0.4, 0.5) is 9.59 Å². The van der Waals surface area contributed by atoms with Gasteiger partial charge in [-0.2, -0.15) is 36.4 Å². The van der Waals surface area contributed by atoms with Gasteiger partial charge in [0.2, 0.25) is 0 Å². The van der Waals surface area contributed by atoms with Gasteiger partial charge in [-0.3, -0.25) is 4.18 Å². The Balaban J connectivity index is 0.000000919. The van der Waals surface area contributed by atoms with Crippen LogP contribution in [0.1, 0.15) is 89.6 Å². The molecule has 0 aliphatic heterocycles. The Morgan fingerprint density at radius 3 is 1.65 bits per heavy atom. The number of carbonyl (C=O) groups excluding carboxylic acids is 2. The van der Waals surface area contributed by atoms with Gasteiger partial charge in [-0.05, 0) is 118 Å². The van der Waals surface area contributed by atoms with Gasteiger partial charge in [-0.15, -0.1) is 0 Å². The SMILES string of the molecule is CC(C)(C)OC(=O)NC(CCC#N)c1ccsc1.Cc1ccc(S(=O)(=O)OCCC(NC(=O)OC(C)(C)C)c2ccsc2)cc1.[C-]#N.[Na+]. The Labute approximate surface area is 315 Å². The number of hydrogen-bond acceptors (Lipinski definition) is 11. The molecule has 2 atom stereocenters. The molecule has 0 radical (unpaired) electrons. The van der Waals surface area contributed by atoms with Crippen LogP contribution in [0.25, 0.3) is 0 Å². The molecule has 2 heterocycles. The van der Waals surface area contributed by atoms with Gasteiger partial charge in [0.25, 0.3) is 10.1 Å². The molecule has 1 aromatic carbocycles. The van der Waals surface area contributed by atoms with Gasteiger partial charge in [0.05, 0.1) is 29.7 Å². The van der Waals surface area contributed by atoms with E-state index in [0.717, 1.165) is 16.7 Å². The Bertz CT molecular complexity index is 1520. The van der Waals surface area contributed by atoms with Gasteiger partial charge in [0, 0.05) is 6.42 Å². The molecule has 2 N–H and O–H groups in total. The van der Waals surface area contributed by atoms with Crippen molar-refractivity contribution in [3.63, 3.8) is 0 Å². The molecule has 0 bridgehead atoms. The fourth-order valence-corrected chi connectivity index (χ4v) is 6.10. The number of alkyl carbamates (subject to hydrolysis) is 2. The van der Waals surface area contributed by atoms with Gasteiger partial charge in [0.15, 0.2) is 0 Å². The summed E-state index contributed by atoms with van der Waals surface area (Å²) in [6.45, 7) is 17.4. The zero-order valence-corrected chi connectivity index (χ0v) is 33.2. The normalized spacial score (nSPS) is 12.2. The number of ether oxygens (including phenoxy) is 2. The summed E-state index contributed by atoms with van der Waals surface area (Å²) >= 11 is 3.06. The quantitative estimate of drug-likeness (QED) is 0.155. The first-order valence-corrected chi connectivity index (χ1v) is 17.9. The van der Waals surface area contributed by atoms with Crippen molar-refractivity contribution in [2.75, 3.05) is 6.61 Å². The third-order valence-corrected chi connectivity index (χ3v) is 8.50. The molecule has 3 rings (SSSR count). The average Bonchev–Trinajstić information content (AvgIpc) is 3.70. The topological polar surface area (TPSA) is 168 Å². The maximum atomic E-state index is 12.3. The van der Waals surface area contributed by atoms with Gasteiger partial charge >= 0.3 is 41.7 Å². The summed E-state index contributed by atoms with van der Waals surface area (Å²) in [5.41, 5.74) is 1.73. The Morgan fingerprint density at radius 2 is 1.27 bits per heavy atom. The van der Waals surface area contributed by atoms with Crippen LogP contribution >= 0.6 is 22.7 Å². The molecule has 15 heteroatoms. The second-order valence-corrected chi connectivity index (χ2v) is 15.3. The van der Waals surface area contributed by atoms with E-state index in [2.05, 4.69) is 16.7 Å². The molecule has 2 amide bonds. The van der Waals surface area contributed by atoms with Crippen LogP contribution in [-0.2, 0) is 23.8 Å². The summed E-state index contributed by atoms with van der Waals surface area (Å²) in [5.74, 6) is 0. The second-order valence-electron chi connectivity index (χ2n) is 12.1. The number of rotatable bonds is 11. The van der Waals surface area contributed by atoms with Crippen LogP contribution in [0.2, 0.25) is 0 Å². The van der Waals surface area contributed by atoms with Crippen molar-refractivity contribution < 1.29 is 61.2 Å². The van der Waals surface area contributed by atoms with Crippen LogP contribution in [0.15, 0.2) is 62.8 Å². The number of benzene rings is 1. The van der Waals surface area contributed by atoms with Crippen molar-refractivity contribution >= 4 is 45.0 Å². The van der Waals surface area contributed by atoms with Crippen molar-refractivity contribution in [1.29, 1.82) is 10.5 Å². The summed E-state index contributed by atoms with van der Waals surface area (Å²) in [6.07, 6.45) is 0.279. The van der Waals surface area contributed by atoms with Gasteiger partial charge in [-0.1, -0.05) is 17.7 Å². The number of amides is 2. The van der Waals surface area contributed by atoms with Crippen molar-refractivity contribution in [2.24, 2.45) is 0 Å². The molecular formula is C33H43N4NaO7S3. The van der Waals surface area contributed by atoms with Crippen LogP contribution in [-0.4, -0.2) is 38.4 Å². The van der Waals surface area contributed by atoms with Crippen LogP contribution < -0.4 is 40.2 Å². The van der Waals surface area contributed by atoms with E-state index in [9.17, 15) is 18.0 Å². The van der Waals surface area contributed by atoms with Crippen molar-refractivity contribution in [3.05, 3.63) is 81.2 Å². The third kappa shape index (κ3) is 18.6. The fraction of sp³-hybridized carbons (Fsp3) is 0.455. The summed E-state index contributed by atoms with van der Waals surface area (Å²) in [6, 6.07) is 11.8. The van der Waals surface area contributed by atoms with E-state index in [-0.39, 0.29) is 47.1 Å². The minimum atomic E-state index is -3.84. The molecule has 256 valence electrons. The molecule has 3 aromatic rings. The number of nitriles is 1. The molecule has 2 unspecified atom stereocenters. The standard InChI is InChI=1S/C19H25NO5S2.C13H18N2O2S.CN.Na/c1-14-5-7-16(8-6-14)27(22,23)24-11-9-17(15-10-12-26-13-15)20-18(21)25-19(2,3)4;1-13(2,3)17-12(16)15-11(5-4-7-14)10-6-8-18-9-10;1-2;/h5-8,10,12-13,17H,9,11H2,1-4H3,(H,20,21);6,8-9,11H,4-5H2,1-3H3,(H,15,16);;/q;;-1;+1. The van der Waals surface area contributed by atoms with Gasteiger partial charge in [0.1, 0.15) is 11.2 Å². The molecule has 0 fully saturated rings. The largest absolute Gasteiger partial charge is 1.00 e. The number of nitrogens with zero attached hydrogens (tertiary/aromatic N) is 2. The van der Waals surface area contributed by atoms with E-state index in [1.165, 1.54) is 23.5 Å². The zero-order chi connectivity index (χ0) is 35.7. The molecule has 2 aromatic heterocycles. The molecule has 0 spiro atoms. The minimum Gasteiger partial charge on any atom is -0.512 e. The van der Waals surface area contributed by atoms with Crippen LogP contribution in [0.5, 0.6) is 0 Å². The molecule has 0 saturated heterocycles. The maximum Gasteiger partial charge on any atom is 1.00 e. The number of carbonyl (C=O) groups is 2. The van der Waals surface area contributed by atoms with Crippen molar-refractivity contribution in [1.82, 2.24) is 10.6 Å². The first-order valence-electron chi connectivity index (χ1n) is 14.6. The molecule has 0 aliphatic carbocycles. The third-order valence-electron chi connectivity index (χ3n) is 5.77. The average molecular weight is 727 g/mol. The number of aryl methyl sites for hydroxylation is 1. The number of nitrogens with one attached hydrogen (secondary N) is 2. The van der Waals surface area contributed by atoms with Crippen molar-refractivity contribution in [2.45, 2.75) is 95.9 Å². The van der Waals surface area contributed by atoms with E-state index in [4.69, 9.17) is 30.8 Å². The molecule has 0 saturated carbocycles. The summed E-state index contributed by atoms with van der Waals surface area (Å²) in [4.78, 5) is 23.9. The van der Waals surface area contributed by atoms with E-state index < -0.39 is 39.5 Å². The summed E-state index contributed by atoms with van der Waals surface area (Å²) in [5, 5.41) is 28.2. The predicted molar refractivity (Wildman–Crippen MR) is 182 cm³/mol. The van der Waals surface area contributed by atoms with Crippen LogP contribution in [0.3, 0.4) is 0 Å². The van der Waals surface area contributed by atoms with E-state index in [1.54, 1.807) is 44.2 Å². The zero-order valence-electron chi connectivity index (χ0n) is 28.7.